The summed E-state index contributed by atoms with van der Waals surface area (Å²) >= 11 is 17.3. The number of aromatic nitrogens is 3. The maximum atomic E-state index is 12.7. The van der Waals surface area contributed by atoms with E-state index in [2.05, 4.69) is 43.3 Å². The van der Waals surface area contributed by atoms with E-state index < -0.39 is 46.5 Å². The second-order valence-corrected chi connectivity index (χ2v) is 14.3. The Morgan fingerprint density at radius 2 is 1.63 bits per heavy atom. The Bertz CT molecular complexity index is 2170. The van der Waals surface area contributed by atoms with Crippen LogP contribution in [-0.4, -0.2) is 89.2 Å². The van der Waals surface area contributed by atoms with Crippen molar-refractivity contribution in [2.75, 3.05) is 54.9 Å². The van der Waals surface area contributed by atoms with E-state index in [9.17, 15) is 37.7 Å². The zero-order valence-electron chi connectivity index (χ0n) is 35.8. The first kappa shape index (κ1) is 53.6. The molecule has 0 aliphatic heterocycles. The van der Waals surface area contributed by atoms with Crippen LogP contribution in [0, 0.1) is 17.0 Å². The number of nitro groups is 1. The summed E-state index contributed by atoms with van der Waals surface area (Å²) in [5.41, 5.74) is 1.05. The van der Waals surface area contributed by atoms with Crippen LogP contribution in [-0.2, 0) is 36.4 Å². The van der Waals surface area contributed by atoms with Crippen molar-refractivity contribution in [3.05, 3.63) is 97.3 Å². The van der Waals surface area contributed by atoms with Crippen molar-refractivity contribution in [1.29, 1.82) is 0 Å². The van der Waals surface area contributed by atoms with Crippen LogP contribution < -0.4 is 20.3 Å². The monoisotopic (exact) mass is 945 g/mol. The first-order chi connectivity index (χ1) is 29.7. The summed E-state index contributed by atoms with van der Waals surface area (Å²) in [4.78, 5) is 59.7. The zero-order chi connectivity index (χ0) is 47.4. The average molecular weight is 947 g/mol. The number of esters is 2. The molecule has 22 heteroatoms. The summed E-state index contributed by atoms with van der Waals surface area (Å²) in [7, 11) is 1.64. The molecule has 0 saturated carbocycles. The Balaban J connectivity index is 0.000000353. The van der Waals surface area contributed by atoms with Crippen LogP contribution in [0.5, 0.6) is 11.5 Å². The first-order valence-electron chi connectivity index (χ1n) is 19.2. The lowest BCUT2D eigenvalue weighted by atomic mass is 10.0. The number of rotatable bonds is 17. The Morgan fingerprint density at radius 3 is 2.19 bits per heavy atom. The van der Waals surface area contributed by atoms with Crippen molar-refractivity contribution in [2.45, 2.75) is 73.1 Å². The maximum Gasteiger partial charge on any atom is 0.416 e. The summed E-state index contributed by atoms with van der Waals surface area (Å²) < 4.78 is 58.0. The molecule has 1 atom stereocenters. The number of carbonyl (C=O) groups excluding carboxylic acids is 3. The fourth-order valence-electron chi connectivity index (χ4n) is 5.42. The number of alkyl halides is 4. The number of nitrogens with zero attached hydrogens (tertiary/aromatic N) is 5. The molecule has 63 heavy (non-hydrogen) atoms. The summed E-state index contributed by atoms with van der Waals surface area (Å²) in [6, 6.07) is 11.7. The van der Waals surface area contributed by atoms with Crippen LogP contribution in [0.2, 0.25) is 10.3 Å². The van der Waals surface area contributed by atoms with E-state index in [0.717, 1.165) is 60.1 Å². The smallest absolute Gasteiger partial charge is 0.416 e. The minimum Gasteiger partial charge on any atom is -0.463 e. The van der Waals surface area contributed by atoms with Gasteiger partial charge in [-0.25, -0.2) is 9.59 Å². The molecule has 0 aliphatic rings. The number of ether oxygens (including phenoxy) is 4. The predicted octanol–water partition coefficient (Wildman–Crippen LogP) is 9.72. The Kier molecular flexibility index (Phi) is 22.3. The minimum absolute atomic E-state index is 0.0223. The normalized spacial score (nSPS) is 11.2. The lowest BCUT2D eigenvalue weighted by Gasteiger charge is -2.31. The van der Waals surface area contributed by atoms with Crippen molar-refractivity contribution in [1.82, 2.24) is 15.0 Å². The third-order valence-electron chi connectivity index (χ3n) is 8.03. The number of hydrogen-bond donors (Lipinski definition) is 2. The number of aryl methyl sites for hydroxylation is 2. The third kappa shape index (κ3) is 17.3. The molecule has 344 valence electrons. The fourth-order valence-corrected chi connectivity index (χ4v) is 5.93. The van der Waals surface area contributed by atoms with Crippen molar-refractivity contribution in [3.63, 3.8) is 0 Å². The van der Waals surface area contributed by atoms with Crippen molar-refractivity contribution < 1.29 is 51.4 Å². The quantitative estimate of drug-likeness (QED) is 0.0439. The molecule has 0 saturated heterocycles. The number of hydrogen-bond acceptors (Lipinski definition) is 14. The molecule has 4 rings (SSSR count). The fraction of sp³-hybridized carbons (Fsp3) is 0.415. The number of amides is 1. The number of anilines is 3. The lowest BCUT2D eigenvalue weighted by Crippen LogP contribution is -2.43. The van der Waals surface area contributed by atoms with E-state index in [1.165, 1.54) is 6.92 Å². The minimum atomic E-state index is -4.61. The molecule has 0 spiro atoms. The molecule has 1 aromatic heterocycles. The molecule has 4 aromatic rings. The lowest BCUT2D eigenvalue weighted by molar-refractivity contribution is -0.385. The average Bonchev–Trinajstić information content (AvgIpc) is 3.21. The van der Waals surface area contributed by atoms with Crippen LogP contribution in [0.15, 0.2) is 54.6 Å². The number of halogens is 6. The summed E-state index contributed by atoms with van der Waals surface area (Å²) in [6.07, 6.45) is -3.73. The van der Waals surface area contributed by atoms with Gasteiger partial charge in [0.1, 0.15) is 22.9 Å². The van der Waals surface area contributed by atoms with E-state index in [4.69, 9.17) is 49.0 Å². The Morgan fingerprint density at radius 1 is 0.952 bits per heavy atom. The SMILES string of the molecule is CCNc1nc(Cl)nc(NC(C)C)n1.CCOC(=O)COC(=O)c1cc(Oc2ccc(C(F)(F)F)cc2Cl)ccc1[N+](=O)[O-].CCc1cccc(C)c1N(C(=O)CCl)C(C)COC. The second-order valence-electron chi connectivity index (χ2n) is 13.3. The van der Waals surface area contributed by atoms with E-state index in [0.29, 0.717) is 24.6 Å². The Labute approximate surface area is 377 Å². The molecule has 0 bridgehead atoms. The number of para-hydroxylation sites is 1. The molecule has 2 N–H and O–H groups in total. The highest BCUT2D eigenvalue weighted by atomic mass is 35.5. The highest BCUT2D eigenvalue weighted by Gasteiger charge is 2.31. The first-order valence-corrected chi connectivity index (χ1v) is 20.5. The van der Waals surface area contributed by atoms with Crippen molar-refractivity contribution >= 4 is 75.9 Å². The standard InChI is InChI=1S/C18H13ClF3NO7.C15H22ClNO2.C8H14ClN5/c1-2-28-16(24)9-29-17(25)12-8-11(4-5-14(12)23(26)27)30-15-6-3-10(7-13(15)19)18(20,21)22;1-5-13-8-6-7-11(2)15(13)17(14(18)9-16)12(3)10-19-4;1-4-10-7-12-6(9)13-8(14-7)11-5(2)3/h3-8H,2,9H2,1H3;6-8,12H,5,9-10H2,1-4H3;5H,4H2,1-3H3,(H2,10,11,12,13,14). The molecule has 0 radical (unpaired) electrons. The van der Waals surface area contributed by atoms with Gasteiger partial charge in [-0.3, -0.25) is 14.9 Å². The molecule has 1 unspecified atom stereocenters. The molecular weight excluding hydrogens is 898 g/mol. The number of benzene rings is 3. The maximum absolute atomic E-state index is 12.7. The van der Waals surface area contributed by atoms with Crippen molar-refractivity contribution in [3.8, 4) is 11.5 Å². The second kappa shape index (κ2) is 26.2. The van der Waals surface area contributed by atoms with Crippen LogP contribution >= 0.6 is 34.8 Å². The van der Waals surface area contributed by atoms with Gasteiger partial charge in [0, 0.05) is 31.8 Å². The summed E-state index contributed by atoms with van der Waals surface area (Å²) in [5, 5.41) is 17.0. The van der Waals surface area contributed by atoms with Gasteiger partial charge in [0.2, 0.25) is 23.1 Å². The van der Waals surface area contributed by atoms with Gasteiger partial charge in [-0.1, -0.05) is 36.7 Å². The van der Waals surface area contributed by atoms with Gasteiger partial charge in [0.05, 0.1) is 40.5 Å². The van der Waals surface area contributed by atoms with Crippen molar-refractivity contribution in [2.24, 2.45) is 0 Å². The molecule has 16 nitrogen and oxygen atoms in total. The van der Waals surface area contributed by atoms with Crippen LogP contribution in [0.3, 0.4) is 0 Å². The van der Waals surface area contributed by atoms with Gasteiger partial charge in [-0.2, -0.15) is 28.1 Å². The van der Waals surface area contributed by atoms with Crippen LogP contribution in [0.25, 0.3) is 0 Å². The van der Waals surface area contributed by atoms with Crippen LogP contribution in [0.1, 0.15) is 68.6 Å². The topological polar surface area (TPSA) is 197 Å². The molecule has 3 aromatic carbocycles. The largest absolute Gasteiger partial charge is 0.463 e. The highest BCUT2D eigenvalue weighted by Crippen LogP contribution is 2.37. The molecule has 1 heterocycles. The number of nitrogens with one attached hydrogen (secondary N) is 2. The number of nitro benzene ring substituents is 1. The highest BCUT2D eigenvalue weighted by molar-refractivity contribution is 6.32. The van der Waals surface area contributed by atoms with Gasteiger partial charge < -0.3 is 34.5 Å². The molecular formula is C41H49Cl3F3N7O9. The van der Waals surface area contributed by atoms with Gasteiger partial charge >= 0.3 is 18.1 Å². The summed E-state index contributed by atoms with van der Waals surface area (Å²) in [5.74, 6) is -1.47. The van der Waals surface area contributed by atoms with Gasteiger partial charge in [-0.05, 0) is 95.0 Å². The van der Waals surface area contributed by atoms with E-state index in [1.54, 1.807) is 12.0 Å². The number of carbonyl (C=O) groups is 3. The van der Waals surface area contributed by atoms with Gasteiger partial charge in [0.15, 0.2) is 6.61 Å². The van der Waals surface area contributed by atoms with Crippen LogP contribution in [0.4, 0.5) is 36.4 Å². The van der Waals surface area contributed by atoms with E-state index in [1.807, 2.05) is 46.8 Å². The number of methoxy groups -OCH3 is 1. The molecule has 1 amide bonds. The Hall–Kier alpha value is -5.50. The van der Waals surface area contributed by atoms with Gasteiger partial charge in [0.25, 0.3) is 5.69 Å². The predicted molar refractivity (Wildman–Crippen MR) is 234 cm³/mol. The van der Waals surface area contributed by atoms with E-state index >= 15 is 0 Å². The van der Waals surface area contributed by atoms with Gasteiger partial charge in [-0.15, -0.1) is 11.6 Å². The zero-order valence-corrected chi connectivity index (χ0v) is 38.0. The van der Waals surface area contributed by atoms with E-state index in [-0.39, 0.29) is 52.3 Å². The molecule has 0 fully saturated rings. The molecule has 0 aliphatic carbocycles. The summed E-state index contributed by atoms with van der Waals surface area (Å²) in [6.45, 7) is 14.1. The third-order valence-corrected chi connectivity index (χ3v) is 8.73.